The van der Waals surface area contributed by atoms with Crippen LogP contribution in [0.15, 0.2) is 39.5 Å². The minimum absolute atomic E-state index is 0.0000916. The predicted octanol–water partition coefficient (Wildman–Crippen LogP) is 2.89. The second-order valence-corrected chi connectivity index (χ2v) is 4.87. The van der Waals surface area contributed by atoms with Gasteiger partial charge in [0.2, 0.25) is 0 Å². The number of aliphatic hydroxyl groups is 1. The van der Waals surface area contributed by atoms with Gasteiger partial charge in [-0.2, -0.15) is 5.10 Å². The zero-order valence-electron chi connectivity index (χ0n) is 7.69. The number of halogens is 2. The average Bonchev–Trinajstić information content (AvgIpc) is 2.65. The van der Waals surface area contributed by atoms with Crippen molar-refractivity contribution < 1.29 is 5.11 Å². The molecule has 0 aliphatic rings. The lowest BCUT2D eigenvalue weighted by molar-refractivity contribution is 0.281. The Morgan fingerprint density at radius 2 is 2.07 bits per heavy atom. The molecular weight excluding hydrogens is 324 g/mol. The summed E-state index contributed by atoms with van der Waals surface area (Å²) in [6, 6.07) is 5.69. The lowest BCUT2D eigenvalue weighted by Gasteiger charge is -2.07. The first-order chi connectivity index (χ1) is 7.20. The summed E-state index contributed by atoms with van der Waals surface area (Å²) >= 11 is 6.73. The molecule has 0 saturated heterocycles. The van der Waals surface area contributed by atoms with Crippen molar-refractivity contribution in [3.05, 3.63) is 45.1 Å². The van der Waals surface area contributed by atoms with E-state index in [9.17, 15) is 5.11 Å². The van der Waals surface area contributed by atoms with Crippen LogP contribution in [-0.4, -0.2) is 14.9 Å². The molecule has 0 atom stereocenters. The van der Waals surface area contributed by atoms with E-state index in [0.29, 0.717) is 0 Å². The zero-order chi connectivity index (χ0) is 10.8. The maximum atomic E-state index is 9.21. The van der Waals surface area contributed by atoms with Gasteiger partial charge in [-0.05, 0) is 28.1 Å². The highest BCUT2D eigenvalue weighted by Crippen LogP contribution is 2.21. The molecule has 0 fully saturated rings. The van der Waals surface area contributed by atoms with E-state index in [1.54, 1.807) is 10.9 Å². The van der Waals surface area contributed by atoms with Crippen LogP contribution in [0.5, 0.6) is 0 Å². The van der Waals surface area contributed by atoms with E-state index in [4.69, 9.17) is 0 Å². The Bertz CT molecular complexity index is 482. The third kappa shape index (κ3) is 2.30. The molecule has 0 amide bonds. The van der Waals surface area contributed by atoms with Crippen molar-refractivity contribution in [1.29, 1.82) is 0 Å². The standard InChI is InChI=1S/C10H8Br2N2O/c11-8-2-1-7(6-15)10(3-8)14-5-9(12)4-13-14/h1-5,15H,6H2. The SMILES string of the molecule is OCc1ccc(Br)cc1-n1cc(Br)cn1. The van der Waals surface area contributed by atoms with Crippen molar-refractivity contribution in [1.82, 2.24) is 9.78 Å². The average molecular weight is 332 g/mol. The Labute approximate surface area is 104 Å². The Morgan fingerprint density at radius 1 is 1.27 bits per heavy atom. The second kappa shape index (κ2) is 4.47. The smallest absolute Gasteiger partial charge is 0.0712 e. The van der Waals surface area contributed by atoms with Crippen molar-refractivity contribution in [2.24, 2.45) is 0 Å². The number of aliphatic hydroxyl groups excluding tert-OH is 1. The van der Waals surface area contributed by atoms with Gasteiger partial charge < -0.3 is 5.11 Å². The summed E-state index contributed by atoms with van der Waals surface area (Å²) in [7, 11) is 0. The molecule has 5 heteroatoms. The van der Waals surface area contributed by atoms with Crippen LogP contribution < -0.4 is 0 Å². The lowest BCUT2D eigenvalue weighted by Crippen LogP contribution is -1.99. The van der Waals surface area contributed by atoms with Gasteiger partial charge in [0, 0.05) is 16.2 Å². The number of benzene rings is 1. The fourth-order valence-electron chi connectivity index (χ4n) is 1.32. The van der Waals surface area contributed by atoms with E-state index < -0.39 is 0 Å². The van der Waals surface area contributed by atoms with Gasteiger partial charge in [0.05, 0.1) is 23.0 Å². The molecule has 0 aliphatic heterocycles. The van der Waals surface area contributed by atoms with Crippen LogP contribution in [0.4, 0.5) is 0 Å². The van der Waals surface area contributed by atoms with Crippen molar-refractivity contribution in [3.63, 3.8) is 0 Å². The summed E-state index contributed by atoms with van der Waals surface area (Å²) in [5, 5.41) is 13.4. The molecule has 0 aliphatic carbocycles. The Balaban J connectivity index is 2.55. The molecule has 1 aromatic carbocycles. The van der Waals surface area contributed by atoms with Gasteiger partial charge in [-0.15, -0.1) is 0 Å². The highest BCUT2D eigenvalue weighted by atomic mass is 79.9. The van der Waals surface area contributed by atoms with Crippen LogP contribution in [0.2, 0.25) is 0 Å². The minimum atomic E-state index is 0.0000916. The van der Waals surface area contributed by atoms with E-state index in [1.165, 1.54) is 0 Å². The Kier molecular flexibility index (Phi) is 3.23. The largest absolute Gasteiger partial charge is 0.392 e. The van der Waals surface area contributed by atoms with Gasteiger partial charge in [-0.1, -0.05) is 22.0 Å². The number of hydrogen-bond donors (Lipinski definition) is 1. The first-order valence-corrected chi connectivity index (χ1v) is 5.89. The van der Waals surface area contributed by atoms with Crippen molar-refractivity contribution in [2.45, 2.75) is 6.61 Å². The highest BCUT2D eigenvalue weighted by molar-refractivity contribution is 9.10. The second-order valence-electron chi connectivity index (χ2n) is 3.03. The van der Waals surface area contributed by atoms with Crippen LogP contribution in [0.1, 0.15) is 5.56 Å². The van der Waals surface area contributed by atoms with E-state index in [2.05, 4.69) is 37.0 Å². The molecule has 0 radical (unpaired) electrons. The zero-order valence-corrected chi connectivity index (χ0v) is 10.9. The molecule has 0 unspecified atom stereocenters. The summed E-state index contributed by atoms with van der Waals surface area (Å²) in [5.74, 6) is 0. The van der Waals surface area contributed by atoms with Crippen LogP contribution in [0, 0.1) is 0 Å². The van der Waals surface area contributed by atoms with Gasteiger partial charge in [0.1, 0.15) is 0 Å². The molecular formula is C10H8Br2N2O. The molecule has 2 aromatic rings. The Morgan fingerprint density at radius 3 is 2.67 bits per heavy atom. The van der Waals surface area contributed by atoms with Crippen LogP contribution in [0.25, 0.3) is 5.69 Å². The van der Waals surface area contributed by atoms with E-state index in [0.717, 1.165) is 20.2 Å². The third-order valence-corrected chi connectivity index (χ3v) is 2.92. The Hall–Kier alpha value is -0.650. The van der Waals surface area contributed by atoms with Gasteiger partial charge in [-0.3, -0.25) is 0 Å². The molecule has 0 bridgehead atoms. The van der Waals surface area contributed by atoms with Crippen molar-refractivity contribution in [2.75, 3.05) is 0 Å². The number of aromatic nitrogens is 2. The summed E-state index contributed by atoms with van der Waals surface area (Å²) < 4.78 is 3.59. The summed E-state index contributed by atoms with van der Waals surface area (Å²) in [4.78, 5) is 0. The fourth-order valence-corrected chi connectivity index (χ4v) is 1.95. The number of nitrogens with zero attached hydrogens (tertiary/aromatic N) is 2. The van der Waals surface area contributed by atoms with Crippen LogP contribution >= 0.6 is 31.9 Å². The van der Waals surface area contributed by atoms with Crippen LogP contribution in [0.3, 0.4) is 0 Å². The molecule has 1 aromatic heterocycles. The molecule has 3 nitrogen and oxygen atoms in total. The van der Waals surface area contributed by atoms with Gasteiger partial charge in [0.25, 0.3) is 0 Å². The molecule has 2 rings (SSSR count). The summed E-state index contributed by atoms with van der Waals surface area (Å²) in [6.45, 7) is 0.0000916. The summed E-state index contributed by atoms with van der Waals surface area (Å²) in [6.07, 6.45) is 3.56. The maximum absolute atomic E-state index is 9.21. The predicted molar refractivity (Wildman–Crippen MR) is 64.9 cm³/mol. The van der Waals surface area contributed by atoms with Crippen molar-refractivity contribution >= 4 is 31.9 Å². The fraction of sp³-hybridized carbons (Fsp3) is 0.100. The van der Waals surface area contributed by atoms with Crippen LogP contribution in [-0.2, 0) is 6.61 Å². The van der Waals surface area contributed by atoms with Gasteiger partial charge in [-0.25, -0.2) is 4.68 Å². The third-order valence-electron chi connectivity index (χ3n) is 2.02. The van der Waals surface area contributed by atoms with Gasteiger partial charge in [0.15, 0.2) is 0 Å². The number of rotatable bonds is 2. The monoisotopic (exact) mass is 330 g/mol. The quantitative estimate of drug-likeness (QED) is 0.918. The first-order valence-electron chi connectivity index (χ1n) is 4.30. The van der Waals surface area contributed by atoms with E-state index in [1.807, 2.05) is 24.4 Å². The normalized spacial score (nSPS) is 10.6. The van der Waals surface area contributed by atoms with Crippen molar-refractivity contribution in [3.8, 4) is 5.69 Å². The molecule has 15 heavy (non-hydrogen) atoms. The molecule has 1 heterocycles. The molecule has 78 valence electrons. The number of hydrogen-bond acceptors (Lipinski definition) is 2. The van der Waals surface area contributed by atoms with E-state index >= 15 is 0 Å². The molecule has 0 saturated carbocycles. The molecule has 0 spiro atoms. The lowest BCUT2D eigenvalue weighted by atomic mass is 10.2. The van der Waals surface area contributed by atoms with E-state index in [-0.39, 0.29) is 6.61 Å². The summed E-state index contributed by atoms with van der Waals surface area (Å²) in [5.41, 5.74) is 1.71. The maximum Gasteiger partial charge on any atom is 0.0712 e. The minimum Gasteiger partial charge on any atom is -0.392 e. The molecule has 1 N–H and O–H groups in total. The topological polar surface area (TPSA) is 38.0 Å². The highest BCUT2D eigenvalue weighted by Gasteiger charge is 2.05. The van der Waals surface area contributed by atoms with Gasteiger partial charge >= 0.3 is 0 Å². The first kappa shape index (κ1) is 10.9.